The molecule has 0 radical (unpaired) electrons. The molecule has 10 nitrogen and oxygen atoms in total. The van der Waals surface area contributed by atoms with Gasteiger partial charge in [0.05, 0.1) is 22.6 Å². The summed E-state index contributed by atoms with van der Waals surface area (Å²) in [6, 6.07) is 13.4. The van der Waals surface area contributed by atoms with E-state index >= 15 is 0 Å². The molecule has 2 heterocycles. The van der Waals surface area contributed by atoms with Crippen molar-refractivity contribution in [3.8, 4) is 5.75 Å². The van der Waals surface area contributed by atoms with Crippen LogP contribution in [0.2, 0.25) is 0 Å². The van der Waals surface area contributed by atoms with E-state index in [2.05, 4.69) is 10.2 Å². The molecule has 1 aliphatic rings. The third-order valence-corrected chi connectivity index (χ3v) is 6.52. The van der Waals surface area contributed by atoms with Crippen LogP contribution in [0.25, 0.3) is 5.70 Å². The molecule has 0 fully saturated rings. The van der Waals surface area contributed by atoms with E-state index in [4.69, 9.17) is 4.74 Å². The maximum Gasteiger partial charge on any atom is 0.270 e. The van der Waals surface area contributed by atoms with E-state index in [1.165, 1.54) is 23.2 Å². The van der Waals surface area contributed by atoms with E-state index in [-0.39, 0.29) is 30.2 Å². The summed E-state index contributed by atoms with van der Waals surface area (Å²) >= 11 is 1.11. The van der Waals surface area contributed by atoms with Crippen LogP contribution < -0.4 is 9.75 Å². The number of hydrogen-bond acceptors (Lipinski definition) is 8. The zero-order chi connectivity index (χ0) is 25.1. The van der Waals surface area contributed by atoms with Gasteiger partial charge in [0.2, 0.25) is 11.1 Å². The molecule has 4 rings (SSSR count). The van der Waals surface area contributed by atoms with Gasteiger partial charge in [-0.05, 0) is 29.5 Å². The molecule has 180 valence electrons. The fraction of sp³-hybridized carbons (Fsp3) is 0.250. The third-order valence-electron chi connectivity index (χ3n) is 5.46. The summed E-state index contributed by atoms with van der Waals surface area (Å²) in [5.41, 5.74) is 1.46. The van der Waals surface area contributed by atoms with Gasteiger partial charge in [-0.1, -0.05) is 38.1 Å². The van der Waals surface area contributed by atoms with Crippen molar-refractivity contribution in [2.24, 2.45) is 0 Å². The number of allylic oxidation sites excluding steroid dienone is 1. The molecule has 35 heavy (non-hydrogen) atoms. The number of carbonyl (C=O) groups is 2. The Hall–Kier alpha value is -3.99. The summed E-state index contributed by atoms with van der Waals surface area (Å²) in [6.07, 6.45) is 0.697. The van der Waals surface area contributed by atoms with Crippen molar-refractivity contribution in [3.05, 3.63) is 80.5 Å². The second-order valence-corrected chi connectivity index (χ2v) is 8.64. The number of non-ortho nitro benzene ring substituents is 1. The lowest BCUT2D eigenvalue weighted by Crippen LogP contribution is -2.43. The molecule has 0 unspecified atom stereocenters. The monoisotopic (exact) mass is 493 g/mol. The van der Waals surface area contributed by atoms with Crippen LogP contribution in [0.3, 0.4) is 0 Å². The molecule has 0 bridgehead atoms. The maximum absolute atomic E-state index is 13.3. The Balaban J connectivity index is 1.88. The number of aromatic nitrogens is 3. The molecule has 0 N–H and O–H groups in total. The van der Waals surface area contributed by atoms with Crippen LogP contribution in [0, 0.1) is 10.1 Å². The number of ether oxygens (including phenoxy) is 1. The Morgan fingerprint density at radius 1 is 1.09 bits per heavy atom. The van der Waals surface area contributed by atoms with Gasteiger partial charge in [-0.15, -0.1) is 10.2 Å². The predicted octanol–water partition coefficient (Wildman–Crippen LogP) is 4.11. The number of Topliss-reactive ketones (excluding diaryl/α,β-unsaturated/α-hetero) is 1. The summed E-state index contributed by atoms with van der Waals surface area (Å²) in [6.45, 7) is 3.44. The minimum Gasteiger partial charge on any atom is -0.497 e. The van der Waals surface area contributed by atoms with Gasteiger partial charge in [-0.2, -0.15) is 0 Å². The molecule has 1 aromatic heterocycles. The van der Waals surface area contributed by atoms with Gasteiger partial charge < -0.3 is 4.74 Å². The lowest BCUT2D eigenvalue weighted by atomic mass is 10.1. The quantitative estimate of drug-likeness (QED) is 0.340. The fourth-order valence-electron chi connectivity index (χ4n) is 3.69. The van der Waals surface area contributed by atoms with Gasteiger partial charge in [0.25, 0.3) is 5.69 Å². The summed E-state index contributed by atoms with van der Waals surface area (Å²) < 4.78 is 6.82. The molecular weight excluding hydrogens is 470 g/mol. The summed E-state index contributed by atoms with van der Waals surface area (Å²) in [5.74, 6) is 0.709. The highest BCUT2D eigenvalue weighted by Gasteiger charge is 2.36. The fourth-order valence-corrected chi connectivity index (χ4v) is 4.78. The van der Waals surface area contributed by atoms with E-state index in [1.54, 1.807) is 31.7 Å². The number of rotatable bonds is 8. The highest BCUT2D eigenvalue weighted by atomic mass is 32.2. The van der Waals surface area contributed by atoms with Crippen LogP contribution in [-0.4, -0.2) is 38.6 Å². The smallest absolute Gasteiger partial charge is 0.270 e. The Morgan fingerprint density at radius 3 is 2.46 bits per heavy atom. The van der Waals surface area contributed by atoms with Crippen molar-refractivity contribution >= 4 is 34.8 Å². The van der Waals surface area contributed by atoms with Crippen molar-refractivity contribution in [2.45, 2.75) is 38.3 Å². The van der Waals surface area contributed by atoms with Crippen LogP contribution in [0.15, 0.2) is 58.6 Å². The summed E-state index contributed by atoms with van der Waals surface area (Å²) in [7, 11) is 1.59. The number of nitro groups is 1. The molecule has 0 saturated carbocycles. The number of ketones is 1. The molecular formula is C24H23N5O5S. The minimum absolute atomic E-state index is 0.135. The predicted molar refractivity (Wildman–Crippen MR) is 131 cm³/mol. The van der Waals surface area contributed by atoms with Crippen molar-refractivity contribution in [3.63, 3.8) is 0 Å². The number of nitrogens with zero attached hydrogens (tertiary/aromatic N) is 5. The molecule has 0 atom stereocenters. The van der Waals surface area contributed by atoms with Crippen molar-refractivity contribution in [1.82, 2.24) is 14.9 Å². The first-order chi connectivity index (χ1) is 16.9. The van der Waals surface area contributed by atoms with Gasteiger partial charge in [0.15, 0.2) is 11.6 Å². The Bertz CT molecular complexity index is 1330. The maximum atomic E-state index is 13.3. The van der Waals surface area contributed by atoms with Crippen molar-refractivity contribution in [2.75, 3.05) is 12.1 Å². The molecule has 3 aromatic rings. The number of methoxy groups -OCH3 is 1. The summed E-state index contributed by atoms with van der Waals surface area (Å²) in [4.78, 5) is 37.5. The first-order valence-electron chi connectivity index (χ1n) is 11.0. The highest BCUT2D eigenvalue weighted by molar-refractivity contribution is 8.04. The number of hydrogen-bond donors (Lipinski definition) is 0. The number of amides is 1. The topological polar surface area (TPSA) is 120 Å². The zero-order valence-electron chi connectivity index (χ0n) is 19.4. The number of benzene rings is 2. The number of carbonyl (C=O) groups excluding carboxylic acids is 2. The summed E-state index contributed by atoms with van der Waals surface area (Å²) in [5, 5.41) is 21.8. The number of fused-ring (bicyclic) bond motifs is 1. The Labute approximate surface area is 205 Å². The van der Waals surface area contributed by atoms with Gasteiger partial charge in [0.1, 0.15) is 5.75 Å². The van der Waals surface area contributed by atoms with Crippen molar-refractivity contribution < 1.29 is 19.2 Å². The highest BCUT2D eigenvalue weighted by Crippen LogP contribution is 2.41. The lowest BCUT2D eigenvalue weighted by molar-refractivity contribution is -0.384. The van der Waals surface area contributed by atoms with E-state index in [0.717, 1.165) is 17.3 Å². The first-order valence-corrected chi connectivity index (χ1v) is 11.8. The molecule has 0 saturated heterocycles. The van der Waals surface area contributed by atoms with Crippen LogP contribution in [-0.2, 0) is 16.0 Å². The standard InChI is InChI=1S/C24H23N5O5S/c1-4-19(30)23-22(16-7-6-8-17(14-16)29(32)33)28(21(31)5-2)27-20(25-26-24(27)35-23)13-15-9-11-18(34-3)12-10-15/h6-12,14H,4-5,13H2,1-3H3. The molecule has 0 aliphatic carbocycles. The first kappa shape index (κ1) is 24.1. The van der Waals surface area contributed by atoms with E-state index < -0.39 is 4.92 Å². The average Bonchev–Trinajstić information content (AvgIpc) is 3.29. The van der Waals surface area contributed by atoms with E-state index in [1.807, 2.05) is 24.3 Å². The second kappa shape index (κ2) is 10.1. The van der Waals surface area contributed by atoms with Crippen molar-refractivity contribution in [1.29, 1.82) is 0 Å². The lowest BCUT2D eigenvalue weighted by Gasteiger charge is -2.33. The second-order valence-electron chi connectivity index (χ2n) is 7.66. The number of nitro benzene ring substituents is 1. The SMILES string of the molecule is CCC(=O)C1=C(c2cccc([N+](=O)[O-])c2)N(C(=O)CC)n2c(Cc3ccc(OC)cc3)nnc2S1. The molecule has 2 aromatic carbocycles. The largest absolute Gasteiger partial charge is 0.497 e. The Morgan fingerprint density at radius 2 is 1.83 bits per heavy atom. The van der Waals surface area contributed by atoms with Crippen LogP contribution in [0.4, 0.5) is 5.69 Å². The normalized spacial score (nSPS) is 12.9. The molecule has 1 aliphatic heterocycles. The molecule has 1 amide bonds. The average molecular weight is 494 g/mol. The zero-order valence-corrected chi connectivity index (χ0v) is 20.2. The van der Waals surface area contributed by atoms with Gasteiger partial charge in [0, 0.05) is 37.0 Å². The molecule has 0 spiro atoms. The van der Waals surface area contributed by atoms with E-state index in [9.17, 15) is 19.7 Å². The van der Waals surface area contributed by atoms with Gasteiger partial charge in [-0.25, -0.2) is 9.69 Å². The van der Waals surface area contributed by atoms with Crippen LogP contribution >= 0.6 is 11.8 Å². The number of thioether (sulfide) groups is 1. The van der Waals surface area contributed by atoms with Gasteiger partial charge >= 0.3 is 0 Å². The van der Waals surface area contributed by atoms with Gasteiger partial charge in [-0.3, -0.25) is 19.7 Å². The van der Waals surface area contributed by atoms with Crippen LogP contribution in [0.1, 0.15) is 43.6 Å². The van der Waals surface area contributed by atoms with Crippen LogP contribution in [0.5, 0.6) is 5.75 Å². The molecule has 11 heteroatoms. The third kappa shape index (κ3) is 4.67. The van der Waals surface area contributed by atoms with E-state index in [0.29, 0.717) is 39.3 Å². The minimum atomic E-state index is -0.507. The Kier molecular flexibility index (Phi) is 6.97.